The summed E-state index contributed by atoms with van der Waals surface area (Å²) in [4.78, 5) is 12.9. The summed E-state index contributed by atoms with van der Waals surface area (Å²) in [6.45, 7) is 3.38. The number of hydrogen-bond acceptors (Lipinski definition) is 10. The predicted octanol–water partition coefficient (Wildman–Crippen LogP) is 5.49. The smallest absolute Gasteiger partial charge is 0.394 e. The van der Waals surface area contributed by atoms with Crippen molar-refractivity contribution in [2.75, 3.05) is 13.2 Å². The molecule has 1 aliphatic rings. The predicted molar refractivity (Wildman–Crippen MR) is 186 cm³/mol. The molecule has 1 heterocycles. The molecule has 12 nitrogen and oxygen atoms in total. The molecule has 7 unspecified atom stereocenters. The van der Waals surface area contributed by atoms with Gasteiger partial charge >= 0.3 is 10.4 Å². The minimum absolute atomic E-state index is 0.235. The molecule has 0 bridgehead atoms. The number of unbranched alkanes of at least 4 members (excludes halogenated alkanes) is 19. The first kappa shape index (κ1) is 45.1. The zero-order valence-electron chi connectivity index (χ0n) is 29.8. The van der Waals surface area contributed by atoms with Crippen LogP contribution in [0.4, 0.5) is 0 Å². The van der Waals surface area contributed by atoms with Crippen LogP contribution in [-0.4, -0.2) is 95.4 Å². The normalized spacial score (nSPS) is 22.9. The number of ether oxygens (including phenoxy) is 2. The fraction of sp³-hybridized carbons (Fsp3) is 0.971. The molecule has 13 heteroatoms. The quantitative estimate of drug-likeness (QED) is 0.0394. The summed E-state index contributed by atoms with van der Waals surface area (Å²) in [5.74, 6) is -0.235. The van der Waals surface area contributed by atoms with Gasteiger partial charge in [-0.05, 0) is 12.8 Å². The average Bonchev–Trinajstić information content (AvgIpc) is 3.04. The lowest BCUT2D eigenvalue weighted by atomic mass is 9.99. The van der Waals surface area contributed by atoms with Gasteiger partial charge in [0.25, 0.3) is 0 Å². The number of aliphatic hydroxyl groups is 4. The van der Waals surface area contributed by atoms with E-state index in [1.165, 1.54) is 83.5 Å². The van der Waals surface area contributed by atoms with E-state index >= 15 is 0 Å². The summed E-state index contributed by atoms with van der Waals surface area (Å²) >= 11 is 0. The van der Waals surface area contributed by atoms with E-state index in [4.69, 9.17) is 14.0 Å². The van der Waals surface area contributed by atoms with Crippen LogP contribution in [0.5, 0.6) is 0 Å². The Morgan fingerprint density at radius 1 is 0.750 bits per heavy atom. The van der Waals surface area contributed by atoms with E-state index in [1.54, 1.807) is 0 Å². The maximum Gasteiger partial charge on any atom is 0.397 e. The minimum Gasteiger partial charge on any atom is -0.394 e. The fourth-order valence-corrected chi connectivity index (χ4v) is 6.67. The van der Waals surface area contributed by atoms with Gasteiger partial charge in [-0.3, -0.25) is 9.35 Å². The monoisotopic (exact) mass is 711 g/mol. The number of carbonyl (C=O) groups is 1. The van der Waals surface area contributed by atoms with E-state index in [1.807, 2.05) is 0 Å². The molecule has 48 heavy (non-hydrogen) atoms. The van der Waals surface area contributed by atoms with Crippen molar-refractivity contribution in [1.29, 1.82) is 0 Å². The first-order valence-corrected chi connectivity index (χ1v) is 20.3. The largest absolute Gasteiger partial charge is 0.397 e. The van der Waals surface area contributed by atoms with Crippen molar-refractivity contribution in [2.24, 2.45) is 0 Å². The summed E-state index contributed by atoms with van der Waals surface area (Å²) in [5, 5.41) is 44.5. The average molecular weight is 712 g/mol. The van der Waals surface area contributed by atoms with E-state index in [0.29, 0.717) is 12.8 Å². The third kappa shape index (κ3) is 21.3. The molecule has 0 aromatic carbocycles. The molecule has 0 radical (unpaired) electrons. The van der Waals surface area contributed by atoms with E-state index < -0.39 is 59.9 Å². The van der Waals surface area contributed by atoms with Crippen LogP contribution in [0.15, 0.2) is 0 Å². The molecule has 286 valence electrons. The highest BCUT2D eigenvalue weighted by atomic mass is 32.3. The molecule has 1 amide bonds. The maximum absolute atomic E-state index is 12.9. The second-order valence-corrected chi connectivity index (χ2v) is 14.6. The summed E-state index contributed by atoms with van der Waals surface area (Å²) in [6, 6.07) is -0.847. The zero-order chi connectivity index (χ0) is 35.6. The van der Waals surface area contributed by atoms with Crippen molar-refractivity contribution in [3.8, 4) is 0 Å². The number of hydrogen-bond donors (Lipinski definition) is 6. The molecule has 1 aliphatic heterocycles. The van der Waals surface area contributed by atoms with Crippen LogP contribution in [0.1, 0.15) is 162 Å². The Kier molecular flexibility index (Phi) is 26.1. The molecule has 1 saturated heterocycles. The van der Waals surface area contributed by atoms with Crippen LogP contribution in [0.25, 0.3) is 0 Å². The highest BCUT2D eigenvalue weighted by Crippen LogP contribution is 2.26. The number of nitrogens with one attached hydrogen (secondary N) is 1. The van der Waals surface area contributed by atoms with Crippen molar-refractivity contribution in [3.63, 3.8) is 0 Å². The summed E-state index contributed by atoms with van der Waals surface area (Å²) < 4.78 is 47.3. The Morgan fingerprint density at radius 3 is 1.67 bits per heavy atom. The number of amides is 1. The van der Waals surface area contributed by atoms with Crippen molar-refractivity contribution < 1.29 is 51.8 Å². The van der Waals surface area contributed by atoms with Gasteiger partial charge in [0.15, 0.2) is 6.29 Å². The molecule has 6 N–H and O–H groups in total. The Balaban J connectivity index is 2.62. The lowest BCUT2D eigenvalue weighted by Crippen LogP contribution is -2.61. The zero-order valence-corrected chi connectivity index (χ0v) is 30.6. The SMILES string of the molecule is CCCCCCCCCCCCCCC(O)C(COC1OC(CO)C(O)C(OS(=O)(=O)O)C1O)NC(=O)CCCCCCCCCCC. The second-order valence-electron chi connectivity index (χ2n) is 13.5. The number of aliphatic hydroxyl groups excluding tert-OH is 4. The van der Waals surface area contributed by atoms with Crippen LogP contribution in [0, 0.1) is 0 Å². The van der Waals surface area contributed by atoms with Crippen LogP contribution in [0.3, 0.4) is 0 Å². The van der Waals surface area contributed by atoms with Gasteiger partial charge in [0.05, 0.1) is 25.4 Å². The highest BCUT2D eigenvalue weighted by Gasteiger charge is 2.48. The third-order valence-corrected chi connectivity index (χ3v) is 9.63. The van der Waals surface area contributed by atoms with Crippen molar-refractivity contribution in [2.45, 2.75) is 204 Å². The van der Waals surface area contributed by atoms with Gasteiger partial charge in [0.1, 0.15) is 24.4 Å². The Hall–Kier alpha value is -0.900. The molecule has 0 aromatic rings. The highest BCUT2D eigenvalue weighted by molar-refractivity contribution is 7.80. The van der Waals surface area contributed by atoms with Crippen LogP contribution in [0.2, 0.25) is 0 Å². The standard InChI is InChI=1S/C35H69NO11S/c1-3-5-7-9-11-13-14-15-17-18-20-22-24-29(38)28(36-31(39)25-23-21-19-16-12-10-8-6-4-2)27-45-35-33(41)34(47-48(42,43)44)32(40)30(26-37)46-35/h28-30,32-35,37-38,40-41H,3-27H2,1-2H3,(H,36,39)(H,42,43,44). The minimum atomic E-state index is -5.06. The Labute approximate surface area is 290 Å². The summed E-state index contributed by atoms with van der Waals surface area (Å²) in [7, 11) is -5.06. The van der Waals surface area contributed by atoms with Crippen molar-refractivity contribution in [3.05, 3.63) is 0 Å². The first-order chi connectivity index (χ1) is 23.0. The van der Waals surface area contributed by atoms with E-state index in [9.17, 15) is 33.6 Å². The molecular formula is C35H69NO11S. The summed E-state index contributed by atoms with van der Waals surface area (Å²) in [6.07, 6.45) is 15.5. The first-order valence-electron chi connectivity index (χ1n) is 18.9. The molecule has 0 aliphatic carbocycles. The van der Waals surface area contributed by atoms with Gasteiger partial charge in [0, 0.05) is 6.42 Å². The van der Waals surface area contributed by atoms with Gasteiger partial charge in [-0.1, -0.05) is 142 Å². The summed E-state index contributed by atoms with van der Waals surface area (Å²) in [5.41, 5.74) is 0. The molecule has 0 aromatic heterocycles. The molecule has 1 fully saturated rings. The fourth-order valence-electron chi connectivity index (χ4n) is 6.16. The Morgan fingerprint density at radius 2 is 1.21 bits per heavy atom. The van der Waals surface area contributed by atoms with Crippen molar-refractivity contribution in [1.82, 2.24) is 5.32 Å². The van der Waals surface area contributed by atoms with Gasteiger partial charge in [0.2, 0.25) is 5.91 Å². The van der Waals surface area contributed by atoms with Crippen LogP contribution in [-0.2, 0) is 28.9 Å². The maximum atomic E-state index is 12.9. The third-order valence-electron chi connectivity index (χ3n) is 9.17. The molecule has 7 atom stereocenters. The van der Waals surface area contributed by atoms with Crippen LogP contribution >= 0.6 is 0 Å². The van der Waals surface area contributed by atoms with E-state index in [-0.39, 0.29) is 12.5 Å². The molecule has 1 rings (SSSR count). The number of rotatable bonds is 31. The van der Waals surface area contributed by atoms with Crippen LogP contribution < -0.4 is 5.32 Å². The molecule has 0 spiro atoms. The second kappa shape index (κ2) is 27.8. The number of carbonyl (C=O) groups excluding carboxylic acids is 1. The molecular weight excluding hydrogens is 642 g/mol. The van der Waals surface area contributed by atoms with Gasteiger partial charge < -0.3 is 35.2 Å². The van der Waals surface area contributed by atoms with E-state index in [2.05, 4.69) is 23.3 Å². The topological polar surface area (TPSA) is 192 Å². The van der Waals surface area contributed by atoms with E-state index in [0.717, 1.165) is 51.4 Å². The molecule has 0 saturated carbocycles. The van der Waals surface area contributed by atoms with Crippen molar-refractivity contribution >= 4 is 16.3 Å². The Bertz CT molecular complexity index is 894. The van der Waals surface area contributed by atoms with Gasteiger partial charge in [-0.15, -0.1) is 0 Å². The lowest BCUT2D eigenvalue weighted by Gasteiger charge is -2.41. The van der Waals surface area contributed by atoms with Gasteiger partial charge in [-0.2, -0.15) is 8.42 Å². The van der Waals surface area contributed by atoms with Gasteiger partial charge in [-0.25, -0.2) is 4.18 Å². The lowest BCUT2D eigenvalue weighted by molar-refractivity contribution is -0.298.